The second-order valence-corrected chi connectivity index (χ2v) is 6.28. The number of nitrogens with zero attached hydrogens (tertiary/aromatic N) is 2. The highest BCUT2D eigenvalue weighted by Gasteiger charge is 2.12. The second kappa shape index (κ2) is 6.04. The minimum Gasteiger partial charge on any atom is -0.271 e. The van der Waals surface area contributed by atoms with Gasteiger partial charge in [-0.3, -0.25) is 11.3 Å². The number of aromatic nitrogens is 2. The van der Waals surface area contributed by atoms with Gasteiger partial charge in [-0.05, 0) is 25.8 Å². The summed E-state index contributed by atoms with van der Waals surface area (Å²) in [5.41, 5.74) is 3.43. The normalized spacial score (nSPS) is 13.6. The zero-order valence-corrected chi connectivity index (χ0v) is 10.9. The van der Waals surface area contributed by atoms with Crippen molar-refractivity contribution >= 4 is 9.84 Å². The Bertz CT molecular complexity index is 461. The molecule has 7 heteroatoms. The van der Waals surface area contributed by atoms with Crippen LogP contribution in [0.2, 0.25) is 0 Å². The fourth-order valence-electron chi connectivity index (χ4n) is 1.53. The first-order valence-electron chi connectivity index (χ1n) is 5.36. The maximum atomic E-state index is 11.0. The highest BCUT2D eigenvalue weighted by molar-refractivity contribution is 7.90. The summed E-state index contributed by atoms with van der Waals surface area (Å²) in [6.45, 7) is 1.80. The lowest BCUT2D eigenvalue weighted by molar-refractivity contribution is 0.494. The number of hydrazine groups is 1. The summed E-state index contributed by atoms with van der Waals surface area (Å²) in [6.07, 6.45) is 4.07. The third kappa shape index (κ3) is 5.20. The van der Waals surface area contributed by atoms with Crippen LogP contribution >= 0.6 is 0 Å². The number of hydrogen-bond acceptors (Lipinski definition) is 6. The Kier molecular flexibility index (Phi) is 4.98. The van der Waals surface area contributed by atoms with Crippen molar-refractivity contribution in [3.05, 3.63) is 23.8 Å². The van der Waals surface area contributed by atoms with Crippen LogP contribution in [-0.2, 0) is 9.84 Å². The molecule has 0 saturated carbocycles. The molecule has 1 aromatic heterocycles. The van der Waals surface area contributed by atoms with E-state index in [9.17, 15) is 8.42 Å². The summed E-state index contributed by atoms with van der Waals surface area (Å²) in [7, 11) is -2.92. The summed E-state index contributed by atoms with van der Waals surface area (Å²) in [5, 5.41) is 0. The van der Waals surface area contributed by atoms with Crippen LogP contribution < -0.4 is 11.3 Å². The Morgan fingerprint density at radius 2 is 2.24 bits per heavy atom. The van der Waals surface area contributed by atoms with Crippen molar-refractivity contribution < 1.29 is 8.42 Å². The van der Waals surface area contributed by atoms with Gasteiger partial charge in [0, 0.05) is 18.2 Å². The SMILES string of the molecule is Cc1nccc(C(CCCS(C)(=O)=O)NN)n1. The molecule has 0 radical (unpaired) electrons. The van der Waals surface area contributed by atoms with Gasteiger partial charge < -0.3 is 0 Å². The molecule has 0 aromatic carbocycles. The van der Waals surface area contributed by atoms with Gasteiger partial charge in [0.25, 0.3) is 0 Å². The minimum absolute atomic E-state index is 0.140. The molecule has 17 heavy (non-hydrogen) atoms. The molecule has 0 spiro atoms. The predicted molar refractivity (Wildman–Crippen MR) is 65.8 cm³/mol. The Morgan fingerprint density at radius 1 is 1.53 bits per heavy atom. The first kappa shape index (κ1) is 14.0. The summed E-state index contributed by atoms with van der Waals surface area (Å²) >= 11 is 0. The van der Waals surface area contributed by atoms with Crippen LogP contribution in [0.4, 0.5) is 0 Å². The third-order valence-corrected chi connectivity index (χ3v) is 3.39. The molecule has 96 valence electrons. The zero-order valence-electron chi connectivity index (χ0n) is 10.0. The lowest BCUT2D eigenvalue weighted by Crippen LogP contribution is -2.29. The zero-order chi connectivity index (χ0) is 12.9. The van der Waals surface area contributed by atoms with E-state index in [0.717, 1.165) is 5.69 Å². The molecule has 6 nitrogen and oxygen atoms in total. The standard InChI is InChI=1S/C10H18N4O2S/c1-8-12-6-5-9(13-8)10(14-11)4-3-7-17(2,15)16/h5-6,10,14H,3-4,7,11H2,1-2H3. The van der Waals surface area contributed by atoms with Gasteiger partial charge in [-0.1, -0.05) is 0 Å². The lowest BCUT2D eigenvalue weighted by atomic mass is 10.1. The summed E-state index contributed by atoms with van der Waals surface area (Å²) in [6, 6.07) is 1.64. The molecule has 0 saturated heterocycles. The topological polar surface area (TPSA) is 98.0 Å². The first-order chi connectivity index (χ1) is 7.92. The number of aryl methyl sites for hydroxylation is 1. The van der Waals surface area contributed by atoms with Crippen LogP contribution in [0.5, 0.6) is 0 Å². The molecule has 1 heterocycles. The van der Waals surface area contributed by atoms with Gasteiger partial charge in [-0.25, -0.2) is 18.4 Å². The molecule has 0 aliphatic heterocycles. The molecular weight excluding hydrogens is 240 g/mol. The van der Waals surface area contributed by atoms with Crippen molar-refractivity contribution in [3.63, 3.8) is 0 Å². The molecule has 3 N–H and O–H groups in total. The average Bonchev–Trinajstić information content (AvgIpc) is 2.23. The van der Waals surface area contributed by atoms with Crippen molar-refractivity contribution in [1.82, 2.24) is 15.4 Å². The highest BCUT2D eigenvalue weighted by Crippen LogP contribution is 2.15. The van der Waals surface area contributed by atoms with Crippen LogP contribution in [0, 0.1) is 6.92 Å². The van der Waals surface area contributed by atoms with E-state index < -0.39 is 9.84 Å². The molecule has 0 fully saturated rings. The molecule has 0 amide bonds. The fraction of sp³-hybridized carbons (Fsp3) is 0.600. The van der Waals surface area contributed by atoms with Gasteiger partial charge in [0.2, 0.25) is 0 Å². The predicted octanol–water partition coefficient (Wildman–Crippen LogP) is 0.114. The van der Waals surface area contributed by atoms with E-state index in [4.69, 9.17) is 5.84 Å². The fourth-order valence-corrected chi connectivity index (χ4v) is 2.23. The minimum atomic E-state index is -2.92. The Labute approximate surface area is 102 Å². The monoisotopic (exact) mass is 258 g/mol. The largest absolute Gasteiger partial charge is 0.271 e. The molecule has 1 atom stereocenters. The number of nitrogens with one attached hydrogen (secondary N) is 1. The van der Waals surface area contributed by atoms with Gasteiger partial charge in [-0.15, -0.1) is 0 Å². The number of hydrogen-bond donors (Lipinski definition) is 2. The summed E-state index contributed by atoms with van der Waals surface area (Å²) < 4.78 is 22.0. The molecule has 1 unspecified atom stereocenters. The number of sulfone groups is 1. The molecule has 0 aliphatic rings. The number of nitrogens with two attached hydrogens (primary N) is 1. The van der Waals surface area contributed by atoms with E-state index in [1.165, 1.54) is 6.26 Å². The molecular formula is C10H18N4O2S. The summed E-state index contributed by atoms with van der Waals surface area (Å²) in [4.78, 5) is 8.26. The second-order valence-electron chi connectivity index (χ2n) is 4.02. The van der Waals surface area contributed by atoms with E-state index in [1.54, 1.807) is 19.2 Å². The van der Waals surface area contributed by atoms with Crippen LogP contribution in [0.15, 0.2) is 12.3 Å². The van der Waals surface area contributed by atoms with E-state index in [1.807, 2.05) is 0 Å². The molecule has 0 aliphatic carbocycles. The van der Waals surface area contributed by atoms with Crippen molar-refractivity contribution in [2.75, 3.05) is 12.0 Å². The maximum Gasteiger partial charge on any atom is 0.147 e. The van der Waals surface area contributed by atoms with Crippen molar-refractivity contribution in [1.29, 1.82) is 0 Å². The molecule has 0 bridgehead atoms. The highest BCUT2D eigenvalue weighted by atomic mass is 32.2. The Balaban J connectivity index is 2.60. The van der Waals surface area contributed by atoms with E-state index in [0.29, 0.717) is 18.7 Å². The van der Waals surface area contributed by atoms with Crippen molar-refractivity contribution in [2.45, 2.75) is 25.8 Å². The number of rotatable bonds is 6. The van der Waals surface area contributed by atoms with Gasteiger partial charge in [0.15, 0.2) is 0 Å². The maximum absolute atomic E-state index is 11.0. The van der Waals surface area contributed by atoms with Crippen LogP contribution in [0.3, 0.4) is 0 Å². The van der Waals surface area contributed by atoms with Crippen LogP contribution in [-0.4, -0.2) is 30.4 Å². The van der Waals surface area contributed by atoms with Crippen molar-refractivity contribution in [2.24, 2.45) is 5.84 Å². The van der Waals surface area contributed by atoms with Crippen molar-refractivity contribution in [3.8, 4) is 0 Å². The first-order valence-corrected chi connectivity index (χ1v) is 7.42. The molecule has 1 rings (SSSR count). The molecule has 1 aromatic rings. The van der Waals surface area contributed by atoms with E-state index >= 15 is 0 Å². The summed E-state index contributed by atoms with van der Waals surface area (Å²) in [5.74, 6) is 6.28. The van der Waals surface area contributed by atoms with Gasteiger partial charge in [-0.2, -0.15) is 0 Å². The van der Waals surface area contributed by atoms with E-state index in [-0.39, 0.29) is 11.8 Å². The van der Waals surface area contributed by atoms with Crippen LogP contribution in [0.1, 0.15) is 30.4 Å². The van der Waals surface area contributed by atoms with Gasteiger partial charge in [0.1, 0.15) is 15.7 Å². The lowest BCUT2D eigenvalue weighted by Gasteiger charge is -2.14. The quantitative estimate of drug-likeness (QED) is 0.555. The van der Waals surface area contributed by atoms with Gasteiger partial charge >= 0.3 is 0 Å². The Hall–Kier alpha value is -1.05. The Morgan fingerprint density at radius 3 is 2.76 bits per heavy atom. The average molecular weight is 258 g/mol. The smallest absolute Gasteiger partial charge is 0.147 e. The van der Waals surface area contributed by atoms with E-state index in [2.05, 4.69) is 15.4 Å². The third-order valence-electron chi connectivity index (χ3n) is 2.36. The van der Waals surface area contributed by atoms with Gasteiger partial charge in [0.05, 0.1) is 11.7 Å². The van der Waals surface area contributed by atoms with Crippen LogP contribution in [0.25, 0.3) is 0 Å².